The summed E-state index contributed by atoms with van der Waals surface area (Å²) >= 11 is 0. The minimum Gasteiger partial charge on any atom is -0.382 e. The van der Waals surface area contributed by atoms with Gasteiger partial charge in [-0.05, 0) is 19.3 Å². The van der Waals surface area contributed by atoms with E-state index in [0.717, 1.165) is 12.3 Å². The molecule has 0 aromatic carbocycles. The van der Waals surface area contributed by atoms with Gasteiger partial charge in [0.15, 0.2) is 0 Å². The second kappa shape index (κ2) is 21.4. The van der Waals surface area contributed by atoms with Crippen LogP contribution in [0.25, 0.3) is 0 Å². The first-order chi connectivity index (χ1) is 14.4. The summed E-state index contributed by atoms with van der Waals surface area (Å²) in [6.45, 7) is 5.68. The Morgan fingerprint density at radius 2 is 0.966 bits per heavy atom. The van der Waals surface area contributed by atoms with Crippen LogP contribution in [0, 0.1) is 0 Å². The molecule has 1 aliphatic rings. The zero-order chi connectivity index (χ0) is 20.8. The summed E-state index contributed by atoms with van der Waals surface area (Å²) in [7, 11) is -0.680. The largest absolute Gasteiger partial charge is 0.382 e. The average molecular weight is 425 g/mol. The Kier molecular flexibility index (Phi) is 20.1. The van der Waals surface area contributed by atoms with Crippen molar-refractivity contribution in [1.82, 2.24) is 0 Å². The van der Waals surface area contributed by atoms with Crippen LogP contribution in [-0.4, -0.2) is 21.1 Å². The molecule has 29 heavy (non-hydrogen) atoms. The van der Waals surface area contributed by atoms with Gasteiger partial charge in [-0.25, -0.2) is 0 Å². The van der Waals surface area contributed by atoms with Gasteiger partial charge in [-0.15, -0.1) is 0 Å². The van der Waals surface area contributed by atoms with Crippen molar-refractivity contribution in [3.05, 3.63) is 0 Å². The van der Waals surface area contributed by atoms with Gasteiger partial charge in [-0.3, -0.25) is 0 Å². The molecule has 0 radical (unpaired) electrons. The van der Waals surface area contributed by atoms with E-state index in [2.05, 4.69) is 13.8 Å². The Hall–Kier alpha value is 0.177. The third-order valence-corrected chi connectivity index (χ3v) is 11.0. The standard InChI is InChI=1S/C27H56OSi/c1-3-5-7-9-11-12-13-14-15-16-18-22-26-29(27-23-19-20-24-28-27)25-21-17-10-8-6-4-2/h27,29H,3-26H2,1-2H3. The molecule has 0 aliphatic carbocycles. The first-order valence-electron chi connectivity index (χ1n) is 14.0. The predicted octanol–water partition coefficient (Wildman–Crippen LogP) is 9.38. The molecule has 1 fully saturated rings. The smallest absolute Gasteiger partial charge is 0.0717 e. The summed E-state index contributed by atoms with van der Waals surface area (Å²) in [4.78, 5) is 0. The maximum Gasteiger partial charge on any atom is 0.0717 e. The highest BCUT2D eigenvalue weighted by atomic mass is 28.3. The van der Waals surface area contributed by atoms with Gasteiger partial charge in [-0.2, -0.15) is 0 Å². The van der Waals surface area contributed by atoms with Gasteiger partial charge in [0, 0.05) is 12.3 Å². The molecule has 0 amide bonds. The SMILES string of the molecule is CCCCCCCCCCCCCC[SiH](CCCCCCCC)C1CCCCO1. The van der Waals surface area contributed by atoms with Gasteiger partial charge in [0.1, 0.15) is 0 Å². The van der Waals surface area contributed by atoms with E-state index < -0.39 is 8.80 Å². The van der Waals surface area contributed by atoms with Gasteiger partial charge < -0.3 is 4.74 Å². The van der Waals surface area contributed by atoms with Crippen LogP contribution in [0.1, 0.15) is 149 Å². The molecule has 2 atom stereocenters. The maximum atomic E-state index is 6.25. The fraction of sp³-hybridized carbons (Fsp3) is 1.00. The highest BCUT2D eigenvalue weighted by Crippen LogP contribution is 2.24. The van der Waals surface area contributed by atoms with Gasteiger partial charge in [0.2, 0.25) is 0 Å². The number of hydrogen-bond donors (Lipinski definition) is 0. The van der Waals surface area contributed by atoms with Crippen molar-refractivity contribution in [2.75, 3.05) is 6.61 Å². The summed E-state index contributed by atoms with van der Waals surface area (Å²) in [6.07, 6.45) is 30.5. The molecule has 0 saturated carbocycles. The van der Waals surface area contributed by atoms with Gasteiger partial charge in [-0.1, -0.05) is 142 Å². The molecule has 2 unspecified atom stereocenters. The number of rotatable bonds is 21. The van der Waals surface area contributed by atoms with E-state index >= 15 is 0 Å². The van der Waals surface area contributed by atoms with Gasteiger partial charge in [0.05, 0.1) is 8.80 Å². The quantitative estimate of drug-likeness (QED) is 0.132. The maximum absolute atomic E-state index is 6.25. The summed E-state index contributed by atoms with van der Waals surface area (Å²) in [5, 5.41) is 0. The third kappa shape index (κ3) is 16.5. The van der Waals surface area contributed by atoms with Crippen LogP contribution in [0.3, 0.4) is 0 Å². The molecule has 0 spiro atoms. The Labute approximate surface area is 186 Å². The van der Waals surface area contributed by atoms with Crippen LogP contribution in [0.4, 0.5) is 0 Å². The fourth-order valence-corrected chi connectivity index (χ4v) is 8.86. The lowest BCUT2D eigenvalue weighted by Gasteiger charge is -2.30. The first-order valence-corrected chi connectivity index (χ1v) is 16.3. The molecular weight excluding hydrogens is 368 g/mol. The Morgan fingerprint density at radius 1 is 0.552 bits per heavy atom. The topological polar surface area (TPSA) is 9.23 Å². The molecule has 0 aromatic rings. The van der Waals surface area contributed by atoms with Crippen molar-refractivity contribution in [3.8, 4) is 0 Å². The fourth-order valence-electron chi connectivity index (χ4n) is 5.09. The van der Waals surface area contributed by atoms with Crippen molar-refractivity contribution in [2.45, 2.75) is 167 Å². The first kappa shape index (κ1) is 27.2. The summed E-state index contributed by atoms with van der Waals surface area (Å²) in [5.41, 5.74) is 0.729. The molecule has 0 bridgehead atoms. The molecule has 1 rings (SSSR count). The van der Waals surface area contributed by atoms with Crippen LogP contribution in [0.5, 0.6) is 0 Å². The van der Waals surface area contributed by atoms with Crippen molar-refractivity contribution >= 4 is 8.80 Å². The monoisotopic (exact) mass is 424 g/mol. The molecule has 1 nitrogen and oxygen atoms in total. The second-order valence-electron chi connectivity index (χ2n) is 9.90. The molecule has 0 aromatic heterocycles. The number of hydrogen-bond acceptors (Lipinski definition) is 1. The van der Waals surface area contributed by atoms with E-state index in [1.807, 2.05) is 0 Å². The molecule has 2 heteroatoms. The summed E-state index contributed by atoms with van der Waals surface area (Å²) in [6, 6.07) is 3.13. The normalized spacial score (nSPS) is 18.2. The van der Waals surface area contributed by atoms with E-state index in [4.69, 9.17) is 4.74 Å². The zero-order valence-corrected chi connectivity index (χ0v) is 21.7. The van der Waals surface area contributed by atoms with Crippen molar-refractivity contribution < 1.29 is 4.74 Å². The number of unbranched alkanes of at least 4 members (excludes halogenated alkanes) is 16. The second-order valence-corrected chi connectivity index (χ2v) is 13.3. The van der Waals surface area contributed by atoms with Gasteiger partial charge >= 0.3 is 0 Å². The van der Waals surface area contributed by atoms with Gasteiger partial charge in [0.25, 0.3) is 0 Å². The Morgan fingerprint density at radius 3 is 1.34 bits per heavy atom. The van der Waals surface area contributed by atoms with Crippen LogP contribution in [-0.2, 0) is 4.74 Å². The minimum atomic E-state index is -0.680. The highest BCUT2D eigenvalue weighted by Gasteiger charge is 2.25. The molecular formula is C27H56OSi. The van der Waals surface area contributed by atoms with Crippen LogP contribution in [0.15, 0.2) is 0 Å². The summed E-state index contributed by atoms with van der Waals surface area (Å²) in [5.74, 6) is 0. The zero-order valence-electron chi connectivity index (χ0n) is 20.5. The van der Waals surface area contributed by atoms with Crippen LogP contribution in [0.2, 0.25) is 12.1 Å². The molecule has 1 aliphatic heterocycles. The molecule has 1 heterocycles. The Balaban J connectivity index is 2.03. The molecule has 1 saturated heterocycles. The van der Waals surface area contributed by atoms with Crippen LogP contribution < -0.4 is 0 Å². The van der Waals surface area contributed by atoms with E-state index in [1.165, 1.54) is 135 Å². The molecule has 0 N–H and O–H groups in total. The number of ether oxygens (including phenoxy) is 1. The third-order valence-electron chi connectivity index (χ3n) is 7.10. The lowest BCUT2D eigenvalue weighted by molar-refractivity contribution is 0.0619. The molecule has 174 valence electrons. The van der Waals surface area contributed by atoms with E-state index in [9.17, 15) is 0 Å². The average Bonchev–Trinajstić information content (AvgIpc) is 2.76. The lowest BCUT2D eigenvalue weighted by atomic mass is 10.1. The van der Waals surface area contributed by atoms with E-state index in [-0.39, 0.29) is 0 Å². The summed E-state index contributed by atoms with van der Waals surface area (Å²) < 4.78 is 6.25. The minimum absolute atomic E-state index is 0.680. The van der Waals surface area contributed by atoms with E-state index in [0.29, 0.717) is 0 Å². The van der Waals surface area contributed by atoms with Crippen molar-refractivity contribution in [1.29, 1.82) is 0 Å². The predicted molar refractivity (Wildman–Crippen MR) is 135 cm³/mol. The van der Waals surface area contributed by atoms with Crippen molar-refractivity contribution in [2.24, 2.45) is 0 Å². The van der Waals surface area contributed by atoms with Crippen LogP contribution >= 0.6 is 0 Å². The van der Waals surface area contributed by atoms with E-state index in [1.54, 1.807) is 12.1 Å². The Bertz CT molecular complexity index is 314. The van der Waals surface area contributed by atoms with Crippen molar-refractivity contribution in [3.63, 3.8) is 0 Å². The lowest BCUT2D eigenvalue weighted by Crippen LogP contribution is -2.36. The highest BCUT2D eigenvalue weighted by molar-refractivity contribution is 6.60.